The maximum Gasteiger partial charge on any atom is 0.410 e. The predicted octanol–water partition coefficient (Wildman–Crippen LogP) is 5.19. The standard InChI is InChI=1S/C30H42ClN5O7S/c1-19(2)13-21(32-22-16-30(17-22)9-11-36(12-10-30)28(39)43-29(3,4)5)18-42-25-15-24(31)33-27(34-25)35-44(40,41)23-8-6-7-20(14-23)26(37)38/h6-8,14-15,19,21-22,32H,9-13,16-18H2,1-5H3,(H,37,38)(H,33,34,35)/t21-/m1/s1. The van der Waals surface area contributed by atoms with Crippen molar-refractivity contribution in [3.63, 3.8) is 0 Å². The average molecular weight is 652 g/mol. The fourth-order valence-electron chi connectivity index (χ4n) is 5.77. The number of carbonyl (C=O) groups is 2. The zero-order valence-corrected chi connectivity index (χ0v) is 27.4. The molecule has 2 aliphatic rings. The van der Waals surface area contributed by atoms with Crippen molar-refractivity contribution in [1.29, 1.82) is 0 Å². The molecule has 1 aromatic carbocycles. The fraction of sp³-hybridized carbons (Fsp3) is 0.600. The van der Waals surface area contributed by atoms with Gasteiger partial charge in [0.15, 0.2) is 0 Å². The van der Waals surface area contributed by atoms with Gasteiger partial charge in [-0.1, -0.05) is 31.5 Å². The quantitative estimate of drug-likeness (QED) is 0.276. The Kier molecular flexibility index (Phi) is 10.3. The number of aromatic carboxylic acids is 1. The highest BCUT2D eigenvalue weighted by Gasteiger charge is 2.47. The zero-order valence-electron chi connectivity index (χ0n) is 25.8. The van der Waals surface area contributed by atoms with Crippen molar-refractivity contribution in [3.05, 3.63) is 41.0 Å². The summed E-state index contributed by atoms with van der Waals surface area (Å²) in [5.74, 6) is -1.03. The first kappa shape index (κ1) is 33.7. The molecule has 2 aromatic rings. The molecule has 1 aliphatic carbocycles. The van der Waals surface area contributed by atoms with Crippen LogP contribution in [0.25, 0.3) is 0 Å². The summed E-state index contributed by atoms with van der Waals surface area (Å²) in [6.07, 6.45) is 4.57. The maximum absolute atomic E-state index is 12.9. The van der Waals surface area contributed by atoms with Gasteiger partial charge in [-0.25, -0.2) is 27.7 Å². The van der Waals surface area contributed by atoms with Gasteiger partial charge in [-0.05, 0) is 82.4 Å². The number of carboxylic acids is 1. The van der Waals surface area contributed by atoms with Crippen LogP contribution in [0.15, 0.2) is 35.2 Å². The van der Waals surface area contributed by atoms with E-state index in [0.717, 1.165) is 38.2 Å². The summed E-state index contributed by atoms with van der Waals surface area (Å²) in [4.78, 5) is 33.4. The van der Waals surface area contributed by atoms with Crippen LogP contribution in [0.2, 0.25) is 5.15 Å². The molecule has 1 amide bonds. The summed E-state index contributed by atoms with van der Waals surface area (Å²) in [5.41, 5.74) is -0.444. The number of hydrogen-bond acceptors (Lipinski definition) is 9. The number of hydrogen-bond donors (Lipinski definition) is 3. The van der Waals surface area contributed by atoms with Crippen LogP contribution >= 0.6 is 11.6 Å². The van der Waals surface area contributed by atoms with Crippen LogP contribution in [-0.4, -0.2) is 77.8 Å². The first-order valence-electron chi connectivity index (χ1n) is 14.8. The molecule has 0 unspecified atom stereocenters. The van der Waals surface area contributed by atoms with E-state index in [2.05, 4.69) is 33.9 Å². The van der Waals surface area contributed by atoms with Crippen LogP contribution in [-0.2, 0) is 14.8 Å². The van der Waals surface area contributed by atoms with Crippen molar-refractivity contribution in [2.24, 2.45) is 11.3 Å². The number of piperidine rings is 1. The number of carboxylic acid groups (broad SMARTS) is 1. The number of nitrogens with one attached hydrogen (secondary N) is 2. The molecule has 12 nitrogen and oxygen atoms in total. The molecule has 1 saturated carbocycles. The van der Waals surface area contributed by atoms with Crippen LogP contribution in [0.1, 0.15) is 77.1 Å². The Morgan fingerprint density at radius 1 is 1.16 bits per heavy atom. The second kappa shape index (κ2) is 13.5. The van der Waals surface area contributed by atoms with Gasteiger partial charge in [-0.3, -0.25) is 0 Å². The van der Waals surface area contributed by atoms with Crippen molar-refractivity contribution in [2.75, 3.05) is 24.4 Å². The van der Waals surface area contributed by atoms with Crippen molar-refractivity contribution >= 4 is 39.6 Å². The third kappa shape index (κ3) is 9.18. The van der Waals surface area contributed by atoms with Crippen LogP contribution < -0.4 is 14.8 Å². The molecule has 1 aliphatic heterocycles. The predicted molar refractivity (Wildman–Crippen MR) is 166 cm³/mol. The lowest BCUT2D eigenvalue weighted by atomic mass is 9.60. The fourth-order valence-corrected chi connectivity index (χ4v) is 6.93. The Hall–Kier alpha value is -3.16. The summed E-state index contributed by atoms with van der Waals surface area (Å²) >= 11 is 6.16. The first-order chi connectivity index (χ1) is 20.5. The number of nitrogens with zero attached hydrogens (tertiary/aromatic N) is 3. The van der Waals surface area contributed by atoms with Gasteiger partial charge >= 0.3 is 12.1 Å². The molecular formula is C30H42ClN5O7S. The molecule has 0 radical (unpaired) electrons. The molecule has 2 fully saturated rings. The Balaban J connectivity index is 1.33. The van der Waals surface area contributed by atoms with Crippen molar-refractivity contribution in [1.82, 2.24) is 20.2 Å². The molecule has 4 rings (SSSR count). The Labute approximate surface area is 263 Å². The number of benzene rings is 1. The molecule has 44 heavy (non-hydrogen) atoms. The van der Waals surface area contributed by atoms with Gasteiger partial charge in [0, 0.05) is 31.2 Å². The van der Waals surface area contributed by atoms with Crippen molar-refractivity contribution < 1.29 is 32.6 Å². The largest absolute Gasteiger partial charge is 0.478 e. The van der Waals surface area contributed by atoms with Gasteiger partial charge in [0.1, 0.15) is 17.4 Å². The number of rotatable bonds is 11. The van der Waals surface area contributed by atoms with E-state index in [-0.39, 0.29) is 51.6 Å². The average Bonchev–Trinajstić information content (AvgIpc) is 2.89. The summed E-state index contributed by atoms with van der Waals surface area (Å²) in [7, 11) is -4.19. The van der Waals surface area contributed by atoms with Crippen LogP contribution in [0, 0.1) is 11.3 Å². The van der Waals surface area contributed by atoms with Gasteiger partial charge in [0.2, 0.25) is 11.8 Å². The third-order valence-corrected chi connectivity index (χ3v) is 9.30. The Morgan fingerprint density at radius 2 is 1.84 bits per heavy atom. The Bertz CT molecular complexity index is 1450. The summed E-state index contributed by atoms with van der Waals surface area (Å²) < 4.78 is 39.5. The monoisotopic (exact) mass is 651 g/mol. The van der Waals surface area contributed by atoms with Crippen molar-refractivity contribution in [3.8, 4) is 5.88 Å². The van der Waals surface area contributed by atoms with E-state index in [1.54, 1.807) is 4.90 Å². The minimum atomic E-state index is -4.19. The van der Waals surface area contributed by atoms with E-state index in [4.69, 9.17) is 21.1 Å². The third-order valence-electron chi connectivity index (χ3n) is 7.78. The lowest BCUT2D eigenvalue weighted by Gasteiger charge is -2.53. The summed E-state index contributed by atoms with van der Waals surface area (Å²) in [6, 6.07) is 6.71. The molecule has 242 valence electrons. The maximum atomic E-state index is 12.9. The molecule has 0 bridgehead atoms. The van der Waals surface area contributed by atoms with Crippen LogP contribution in [0.4, 0.5) is 10.7 Å². The molecule has 1 spiro atoms. The van der Waals surface area contributed by atoms with Gasteiger partial charge in [0.25, 0.3) is 10.0 Å². The number of likely N-dealkylation sites (tertiary alicyclic amines) is 1. The van der Waals surface area contributed by atoms with Crippen LogP contribution in [0.3, 0.4) is 0 Å². The molecule has 1 aromatic heterocycles. The molecule has 14 heteroatoms. The van der Waals surface area contributed by atoms with Gasteiger partial charge in [-0.15, -0.1) is 0 Å². The van der Waals surface area contributed by atoms with Gasteiger partial charge in [0.05, 0.1) is 10.5 Å². The second-order valence-corrected chi connectivity index (χ2v) is 15.2. The minimum absolute atomic E-state index is 0.0148. The number of aromatic nitrogens is 2. The topological polar surface area (TPSA) is 160 Å². The molecule has 1 atom stereocenters. The number of ether oxygens (including phenoxy) is 2. The smallest absolute Gasteiger partial charge is 0.410 e. The number of halogens is 1. The Morgan fingerprint density at radius 3 is 2.45 bits per heavy atom. The SMILES string of the molecule is CC(C)C[C@H](COc1cc(Cl)nc(NS(=O)(=O)c2cccc(C(=O)O)c2)n1)NC1CC2(CCN(C(=O)OC(C)(C)C)CC2)C1. The van der Waals surface area contributed by atoms with Crippen LogP contribution in [0.5, 0.6) is 5.88 Å². The normalized spacial score (nSPS) is 17.7. The van der Waals surface area contributed by atoms with Crippen molar-refractivity contribution in [2.45, 2.75) is 89.3 Å². The second-order valence-electron chi connectivity index (χ2n) is 13.2. The van der Waals surface area contributed by atoms with E-state index < -0.39 is 21.6 Å². The highest BCUT2D eigenvalue weighted by molar-refractivity contribution is 7.92. The van der Waals surface area contributed by atoms with E-state index >= 15 is 0 Å². The molecular weight excluding hydrogens is 610 g/mol. The highest BCUT2D eigenvalue weighted by Crippen LogP contribution is 2.49. The molecule has 3 N–H and O–H groups in total. The molecule has 1 saturated heterocycles. The number of amides is 1. The number of anilines is 1. The van der Waals surface area contributed by atoms with Gasteiger partial charge < -0.3 is 24.8 Å². The van der Waals surface area contributed by atoms with E-state index in [1.807, 2.05) is 20.8 Å². The number of carbonyl (C=O) groups excluding carboxylic acids is 1. The van der Waals surface area contributed by atoms with E-state index in [0.29, 0.717) is 25.0 Å². The first-order valence-corrected chi connectivity index (χ1v) is 16.7. The van der Waals surface area contributed by atoms with E-state index in [1.165, 1.54) is 24.3 Å². The van der Waals surface area contributed by atoms with Gasteiger partial charge in [-0.2, -0.15) is 4.98 Å². The minimum Gasteiger partial charge on any atom is -0.478 e. The van der Waals surface area contributed by atoms with E-state index in [9.17, 15) is 23.1 Å². The summed E-state index contributed by atoms with van der Waals surface area (Å²) in [6.45, 7) is 11.6. The lowest BCUT2D eigenvalue weighted by molar-refractivity contribution is -0.0192. The zero-order chi connectivity index (χ0) is 32.3. The lowest BCUT2D eigenvalue weighted by Crippen LogP contribution is -2.57. The number of sulfonamides is 1. The summed E-state index contributed by atoms with van der Waals surface area (Å²) in [5, 5.41) is 12.9. The highest BCUT2D eigenvalue weighted by atomic mass is 35.5. The molecule has 2 heterocycles.